The molecule has 0 amide bonds. The molecule has 7 heteroatoms. The third kappa shape index (κ3) is 4.77. The average Bonchev–Trinajstić information content (AvgIpc) is 3.10. The highest BCUT2D eigenvalue weighted by Crippen LogP contribution is 2.26. The fourth-order valence-corrected chi connectivity index (χ4v) is 3.62. The molecule has 0 unspecified atom stereocenters. The lowest BCUT2D eigenvalue weighted by molar-refractivity contribution is 0.0472. The highest BCUT2D eigenvalue weighted by molar-refractivity contribution is 14.1. The van der Waals surface area contributed by atoms with Crippen LogP contribution in [-0.4, -0.2) is 19.7 Å². The first-order valence-electron chi connectivity index (χ1n) is 9.64. The van der Waals surface area contributed by atoms with Gasteiger partial charge in [0.2, 0.25) is 0 Å². The van der Waals surface area contributed by atoms with E-state index < -0.39 is 11.9 Å². The molecule has 0 saturated heterocycles. The van der Waals surface area contributed by atoms with E-state index >= 15 is 0 Å². The smallest absolute Gasteiger partial charge is 0.340 e. The van der Waals surface area contributed by atoms with Crippen LogP contribution in [0.3, 0.4) is 0 Å². The number of ether oxygens (including phenoxy) is 2. The second kappa shape index (κ2) is 9.30. The summed E-state index contributed by atoms with van der Waals surface area (Å²) in [4.78, 5) is 30.1. The van der Waals surface area contributed by atoms with Crippen molar-refractivity contribution >= 4 is 45.8 Å². The van der Waals surface area contributed by atoms with E-state index in [0.29, 0.717) is 16.9 Å². The van der Waals surface area contributed by atoms with Crippen molar-refractivity contribution in [3.05, 3.63) is 101 Å². The van der Waals surface area contributed by atoms with Crippen molar-refractivity contribution in [2.45, 2.75) is 20.1 Å². The van der Waals surface area contributed by atoms with E-state index in [2.05, 4.69) is 27.8 Å². The molecule has 0 aliphatic heterocycles. The van der Waals surface area contributed by atoms with Gasteiger partial charge in [0.15, 0.2) is 0 Å². The highest BCUT2D eigenvalue weighted by Gasteiger charge is 2.21. The van der Waals surface area contributed by atoms with E-state index in [-0.39, 0.29) is 24.3 Å². The second-order valence-corrected chi connectivity index (χ2v) is 7.92. The van der Waals surface area contributed by atoms with Crippen molar-refractivity contribution in [3.63, 3.8) is 0 Å². The number of imidazole rings is 1. The fourth-order valence-electron chi connectivity index (χ4n) is 3.15. The van der Waals surface area contributed by atoms with Gasteiger partial charge in [0.05, 0.1) is 39.5 Å². The van der Waals surface area contributed by atoms with Gasteiger partial charge in [0.1, 0.15) is 24.6 Å². The Balaban J connectivity index is 1.61. The van der Waals surface area contributed by atoms with Crippen molar-refractivity contribution in [1.82, 2.24) is 7.76 Å². The predicted molar refractivity (Wildman–Crippen MR) is 125 cm³/mol. The number of fused-ring (bicyclic) bond motifs is 1. The van der Waals surface area contributed by atoms with Crippen LogP contribution in [0, 0.1) is 6.92 Å². The molecule has 0 fully saturated rings. The molecule has 3 aromatic carbocycles. The maximum atomic E-state index is 12.9. The minimum atomic E-state index is -0.541. The fraction of sp³-hybridized carbons (Fsp3) is 0.125. The van der Waals surface area contributed by atoms with Crippen LogP contribution in [0.25, 0.3) is 11.0 Å². The maximum Gasteiger partial charge on any atom is 0.340 e. The Bertz CT molecular complexity index is 1240. The van der Waals surface area contributed by atoms with Crippen LogP contribution in [-0.2, 0) is 22.7 Å². The maximum absolute atomic E-state index is 12.9. The first-order chi connectivity index (χ1) is 15.0. The van der Waals surface area contributed by atoms with Gasteiger partial charge in [-0.3, -0.25) is 2.78 Å². The summed E-state index contributed by atoms with van der Waals surface area (Å²) in [7, 11) is 0. The van der Waals surface area contributed by atoms with E-state index in [1.165, 1.54) is 6.07 Å². The van der Waals surface area contributed by atoms with Crippen LogP contribution in [0.1, 0.15) is 37.7 Å². The van der Waals surface area contributed by atoms with Crippen LogP contribution in [0.4, 0.5) is 0 Å². The van der Waals surface area contributed by atoms with Gasteiger partial charge in [0, 0.05) is 0 Å². The van der Waals surface area contributed by atoms with Crippen LogP contribution >= 0.6 is 22.9 Å². The van der Waals surface area contributed by atoms with Crippen molar-refractivity contribution in [1.29, 1.82) is 0 Å². The van der Waals surface area contributed by atoms with Crippen molar-refractivity contribution in [2.75, 3.05) is 0 Å². The summed E-state index contributed by atoms with van der Waals surface area (Å²) in [6, 6.07) is 22.0. The molecule has 1 heterocycles. The lowest BCUT2D eigenvalue weighted by atomic mass is 10.1. The number of esters is 2. The summed E-state index contributed by atoms with van der Waals surface area (Å²) in [5, 5.41) is 0. The quantitative estimate of drug-likeness (QED) is 0.254. The van der Waals surface area contributed by atoms with E-state index in [1.807, 2.05) is 67.6 Å². The minimum Gasteiger partial charge on any atom is -0.457 e. The Hall–Kier alpha value is -3.20. The molecule has 0 bridgehead atoms. The van der Waals surface area contributed by atoms with E-state index in [0.717, 1.165) is 11.1 Å². The summed E-state index contributed by atoms with van der Waals surface area (Å²) >= 11 is 2.09. The molecule has 0 aliphatic rings. The lowest BCUT2D eigenvalue weighted by Crippen LogP contribution is -2.10. The largest absolute Gasteiger partial charge is 0.457 e. The standard InChI is InChI=1S/C24H19IN2O4/c1-16-26-22-20(24(29)31-15-18-10-6-3-7-11-18)12-19(13-21(22)27(16)25)23(28)30-14-17-8-4-2-5-9-17/h2-13H,14-15H2,1H3. The Labute approximate surface area is 193 Å². The van der Waals surface area contributed by atoms with Gasteiger partial charge in [0.25, 0.3) is 0 Å². The molecule has 6 nitrogen and oxygen atoms in total. The van der Waals surface area contributed by atoms with Crippen molar-refractivity contribution in [2.24, 2.45) is 0 Å². The summed E-state index contributed by atoms with van der Waals surface area (Å²) < 4.78 is 12.7. The molecular formula is C24H19IN2O4. The van der Waals surface area contributed by atoms with Gasteiger partial charge in [-0.1, -0.05) is 60.7 Å². The summed E-state index contributed by atoms with van der Waals surface area (Å²) in [5.74, 6) is -0.346. The van der Waals surface area contributed by atoms with Crippen molar-refractivity contribution < 1.29 is 19.1 Å². The van der Waals surface area contributed by atoms with Crippen LogP contribution in [0.5, 0.6) is 0 Å². The number of hydrogen-bond donors (Lipinski definition) is 0. The zero-order valence-corrected chi connectivity index (χ0v) is 18.9. The summed E-state index contributed by atoms with van der Waals surface area (Å²) in [5.41, 5.74) is 3.41. The molecule has 1 aromatic heterocycles. The van der Waals surface area contributed by atoms with E-state index in [9.17, 15) is 9.59 Å². The van der Waals surface area contributed by atoms with Crippen LogP contribution in [0.15, 0.2) is 72.8 Å². The number of halogens is 1. The number of benzene rings is 3. The number of rotatable bonds is 6. The molecule has 4 rings (SSSR count). The molecule has 0 aliphatic carbocycles. The molecule has 31 heavy (non-hydrogen) atoms. The van der Waals surface area contributed by atoms with Crippen LogP contribution in [0.2, 0.25) is 0 Å². The predicted octanol–water partition coefficient (Wildman–Crippen LogP) is 5.26. The molecule has 0 N–H and O–H groups in total. The normalized spacial score (nSPS) is 10.8. The van der Waals surface area contributed by atoms with Gasteiger partial charge < -0.3 is 9.47 Å². The third-order valence-corrected chi connectivity index (χ3v) is 5.96. The monoisotopic (exact) mass is 526 g/mol. The van der Waals surface area contributed by atoms with Gasteiger partial charge in [-0.25, -0.2) is 14.6 Å². The molecule has 0 atom stereocenters. The topological polar surface area (TPSA) is 70.4 Å². The van der Waals surface area contributed by atoms with E-state index in [1.54, 1.807) is 8.85 Å². The van der Waals surface area contributed by atoms with Gasteiger partial charge in [-0.2, -0.15) is 0 Å². The molecule has 0 spiro atoms. The van der Waals surface area contributed by atoms with E-state index in [4.69, 9.17) is 9.47 Å². The lowest BCUT2D eigenvalue weighted by Gasteiger charge is -2.09. The third-order valence-electron chi connectivity index (χ3n) is 4.74. The Kier molecular flexibility index (Phi) is 6.31. The number of carbonyl (C=O) groups excluding carboxylic acids is 2. The Morgan fingerprint density at radius 3 is 2.00 bits per heavy atom. The molecule has 0 radical (unpaired) electrons. The first-order valence-corrected chi connectivity index (χ1v) is 10.6. The summed E-state index contributed by atoms with van der Waals surface area (Å²) in [6.07, 6.45) is 0. The first kappa shape index (κ1) is 21.0. The number of nitrogens with zero attached hydrogens (tertiary/aromatic N) is 2. The Morgan fingerprint density at radius 2 is 1.42 bits per heavy atom. The van der Waals surface area contributed by atoms with Crippen LogP contribution < -0.4 is 0 Å². The SMILES string of the molecule is Cc1nc2c(C(=O)OCc3ccccc3)cc(C(=O)OCc3ccccc3)cc2n1I. The molecule has 4 aromatic rings. The Morgan fingerprint density at radius 1 is 0.871 bits per heavy atom. The molecular weight excluding hydrogens is 507 g/mol. The number of carbonyl (C=O) groups is 2. The van der Waals surface area contributed by atoms with Gasteiger partial charge in [-0.05, 0) is 30.2 Å². The van der Waals surface area contributed by atoms with Gasteiger partial charge >= 0.3 is 11.9 Å². The zero-order chi connectivity index (χ0) is 21.8. The zero-order valence-electron chi connectivity index (χ0n) is 16.7. The number of hydrogen-bond acceptors (Lipinski definition) is 5. The highest BCUT2D eigenvalue weighted by atomic mass is 127. The number of aryl methyl sites for hydroxylation is 1. The second-order valence-electron chi connectivity index (χ2n) is 6.95. The molecule has 0 saturated carbocycles. The van der Waals surface area contributed by atoms with Gasteiger partial charge in [-0.15, -0.1) is 0 Å². The number of aromatic nitrogens is 2. The molecule has 156 valence electrons. The summed E-state index contributed by atoms with van der Waals surface area (Å²) in [6.45, 7) is 2.11. The average molecular weight is 526 g/mol. The van der Waals surface area contributed by atoms with Crippen molar-refractivity contribution in [3.8, 4) is 0 Å². The minimum absolute atomic E-state index is 0.133.